The van der Waals surface area contributed by atoms with Gasteiger partial charge in [-0.25, -0.2) is 4.79 Å². The Hall–Kier alpha value is -2.39. The Kier molecular flexibility index (Phi) is 2.89. The van der Waals surface area contributed by atoms with Crippen LogP contribution in [0.5, 0.6) is 0 Å². The van der Waals surface area contributed by atoms with Crippen molar-refractivity contribution in [2.75, 3.05) is 0 Å². The first kappa shape index (κ1) is 11.7. The summed E-state index contributed by atoms with van der Waals surface area (Å²) in [6, 6.07) is 17.8. The van der Waals surface area contributed by atoms with Crippen molar-refractivity contribution < 1.29 is 9.52 Å². The molecule has 0 aliphatic rings. The molecule has 0 radical (unpaired) electrons. The lowest BCUT2D eigenvalue weighted by molar-refractivity contribution is 0.221. The minimum absolute atomic E-state index is 0.455. The Morgan fingerprint density at radius 2 is 1.63 bits per heavy atom. The van der Waals surface area contributed by atoms with E-state index in [0.29, 0.717) is 11.1 Å². The van der Waals surface area contributed by atoms with Crippen LogP contribution in [0.3, 0.4) is 0 Å². The SMILES string of the molecule is O=c1cc(C(O)c2ccccc2)c2ccccc2o1. The van der Waals surface area contributed by atoms with Crippen LogP contribution < -0.4 is 5.63 Å². The Morgan fingerprint density at radius 3 is 2.42 bits per heavy atom. The number of hydrogen-bond acceptors (Lipinski definition) is 3. The standard InChI is InChI=1S/C16H12O3/c17-15-10-13(12-8-4-5-9-14(12)19-15)16(18)11-6-2-1-3-7-11/h1-10,16,18H. The monoisotopic (exact) mass is 252 g/mol. The smallest absolute Gasteiger partial charge is 0.336 e. The van der Waals surface area contributed by atoms with Gasteiger partial charge in [-0.2, -0.15) is 0 Å². The summed E-state index contributed by atoms with van der Waals surface area (Å²) >= 11 is 0. The second-order valence-electron chi connectivity index (χ2n) is 4.33. The van der Waals surface area contributed by atoms with E-state index in [0.717, 1.165) is 10.9 Å². The number of aliphatic hydroxyl groups excluding tert-OH is 1. The lowest BCUT2D eigenvalue weighted by atomic mass is 9.99. The molecule has 19 heavy (non-hydrogen) atoms. The van der Waals surface area contributed by atoms with Crippen LogP contribution in [-0.4, -0.2) is 5.11 Å². The van der Waals surface area contributed by atoms with E-state index in [4.69, 9.17) is 4.42 Å². The van der Waals surface area contributed by atoms with Crippen LogP contribution in [0.1, 0.15) is 17.2 Å². The molecule has 0 amide bonds. The zero-order chi connectivity index (χ0) is 13.2. The molecule has 3 nitrogen and oxygen atoms in total. The Balaban J connectivity index is 2.22. The van der Waals surface area contributed by atoms with E-state index in [1.54, 1.807) is 12.1 Å². The number of para-hydroxylation sites is 1. The van der Waals surface area contributed by atoms with E-state index in [9.17, 15) is 9.90 Å². The van der Waals surface area contributed by atoms with Gasteiger partial charge in [0.2, 0.25) is 0 Å². The maximum atomic E-state index is 11.6. The van der Waals surface area contributed by atoms with Crippen LogP contribution in [0.15, 0.2) is 69.9 Å². The first-order valence-corrected chi connectivity index (χ1v) is 6.01. The first-order chi connectivity index (χ1) is 9.25. The Bertz CT molecular complexity index is 760. The fourth-order valence-electron chi connectivity index (χ4n) is 2.18. The summed E-state index contributed by atoms with van der Waals surface area (Å²) in [6.45, 7) is 0. The van der Waals surface area contributed by atoms with Crippen molar-refractivity contribution in [1.82, 2.24) is 0 Å². The summed E-state index contributed by atoms with van der Waals surface area (Å²) in [5, 5.41) is 11.2. The number of aliphatic hydroxyl groups is 1. The van der Waals surface area contributed by atoms with Gasteiger partial charge < -0.3 is 9.52 Å². The third kappa shape index (κ3) is 2.16. The molecule has 3 heteroatoms. The topological polar surface area (TPSA) is 50.4 Å². The minimum Gasteiger partial charge on any atom is -0.423 e. The fourth-order valence-corrected chi connectivity index (χ4v) is 2.18. The van der Waals surface area contributed by atoms with Crippen molar-refractivity contribution in [1.29, 1.82) is 0 Å². The highest BCUT2D eigenvalue weighted by molar-refractivity contribution is 5.80. The van der Waals surface area contributed by atoms with Gasteiger partial charge in [-0.05, 0) is 11.6 Å². The average molecular weight is 252 g/mol. The van der Waals surface area contributed by atoms with Gasteiger partial charge in [0.05, 0.1) is 0 Å². The molecule has 0 spiro atoms. The van der Waals surface area contributed by atoms with Gasteiger partial charge in [0, 0.05) is 17.0 Å². The van der Waals surface area contributed by atoms with E-state index < -0.39 is 11.7 Å². The number of rotatable bonds is 2. The lowest BCUT2D eigenvalue weighted by Crippen LogP contribution is -2.06. The summed E-state index contributed by atoms with van der Waals surface area (Å²) in [4.78, 5) is 11.6. The highest BCUT2D eigenvalue weighted by atomic mass is 16.4. The zero-order valence-electron chi connectivity index (χ0n) is 10.1. The Labute approximate surface area is 109 Å². The highest BCUT2D eigenvalue weighted by Crippen LogP contribution is 2.27. The fraction of sp³-hybridized carbons (Fsp3) is 0.0625. The van der Waals surface area contributed by atoms with E-state index in [1.165, 1.54) is 6.07 Å². The normalized spacial score (nSPS) is 12.5. The minimum atomic E-state index is -0.838. The van der Waals surface area contributed by atoms with Crippen LogP contribution >= 0.6 is 0 Å². The molecule has 1 unspecified atom stereocenters. The number of benzene rings is 2. The molecule has 1 N–H and O–H groups in total. The summed E-state index contributed by atoms with van der Waals surface area (Å²) < 4.78 is 5.12. The molecule has 2 aromatic carbocycles. The third-order valence-corrected chi connectivity index (χ3v) is 3.09. The first-order valence-electron chi connectivity index (χ1n) is 6.01. The molecule has 0 saturated heterocycles. The number of hydrogen-bond donors (Lipinski definition) is 1. The third-order valence-electron chi connectivity index (χ3n) is 3.09. The lowest BCUT2D eigenvalue weighted by Gasteiger charge is -2.13. The maximum Gasteiger partial charge on any atom is 0.336 e. The summed E-state index contributed by atoms with van der Waals surface area (Å²) in [7, 11) is 0. The molecule has 0 aliphatic heterocycles. The average Bonchev–Trinajstić information content (AvgIpc) is 2.46. The quantitative estimate of drug-likeness (QED) is 0.713. The van der Waals surface area contributed by atoms with Crippen molar-refractivity contribution >= 4 is 11.0 Å². The van der Waals surface area contributed by atoms with Gasteiger partial charge in [-0.1, -0.05) is 48.5 Å². The second kappa shape index (κ2) is 4.71. The highest BCUT2D eigenvalue weighted by Gasteiger charge is 2.15. The van der Waals surface area contributed by atoms with Crippen LogP contribution in [0.4, 0.5) is 0 Å². The largest absolute Gasteiger partial charge is 0.423 e. The molecule has 0 bridgehead atoms. The van der Waals surface area contributed by atoms with Gasteiger partial charge in [-0.3, -0.25) is 0 Å². The molecule has 1 aromatic heterocycles. The predicted octanol–water partition coefficient (Wildman–Crippen LogP) is 2.87. The van der Waals surface area contributed by atoms with Crippen LogP contribution in [0, 0.1) is 0 Å². The van der Waals surface area contributed by atoms with Crippen LogP contribution in [0.2, 0.25) is 0 Å². The maximum absolute atomic E-state index is 11.6. The molecular weight excluding hydrogens is 240 g/mol. The predicted molar refractivity (Wildman–Crippen MR) is 73.0 cm³/mol. The van der Waals surface area contributed by atoms with Gasteiger partial charge in [-0.15, -0.1) is 0 Å². The van der Waals surface area contributed by atoms with Gasteiger partial charge in [0.15, 0.2) is 0 Å². The summed E-state index contributed by atoms with van der Waals surface area (Å²) in [5.74, 6) is 0. The van der Waals surface area contributed by atoms with Gasteiger partial charge in [0.1, 0.15) is 11.7 Å². The van der Waals surface area contributed by atoms with E-state index in [2.05, 4.69) is 0 Å². The molecule has 3 rings (SSSR count). The molecule has 0 saturated carbocycles. The van der Waals surface area contributed by atoms with Crippen LogP contribution in [-0.2, 0) is 0 Å². The van der Waals surface area contributed by atoms with Gasteiger partial charge >= 0.3 is 5.63 Å². The second-order valence-corrected chi connectivity index (χ2v) is 4.33. The number of fused-ring (bicyclic) bond motifs is 1. The van der Waals surface area contributed by atoms with Crippen molar-refractivity contribution in [2.45, 2.75) is 6.10 Å². The summed E-state index contributed by atoms with van der Waals surface area (Å²) in [6.07, 6.45) is -0.838. The molecule has 0 fully saturated rings. The Morgan fingerprint density at radius 1 is 0.947 bits per heavy atom. The molecule has 1 atom stereocenters. The molecule has 0 aliphatic carbocycles. The molecular formula is C16H12O3. The zero-order valence-corrected chi connectivity index (χ0v) is 10.1. The van der Waals surface area contributed by atoms with E-state index >= 15 is 0 Å². The summed E-state index contributed by atoms with van der Waals surface area (Å²) in [5.41, 5.74) is 1.35. The molecule has 1 heterocycles. The molecule has 3 aromatic rings. The van der Waals surface area contributed by atoms with Crippen molar-refractivity contribution in [3.05, 3.63) is 82.2 Å². The van der Waals surface area contributed by atoms with Crippen LogP contribution in [0.25, 0.3) is 11.0 Å². The van der Waals surface area contributed by atoms with Crippen molar-refractivity contribution in [3.63, 3.8) is 0 Å². The molecule has 94 valence electrons. The van der Waals surface area contributed by atoms with Gasteiger partial charge in [0.25, 0.3) is 0 Å². The van der Waals surface area contributed by atoms with Crippen molar-refractivity contribution in [3.8, 4) is 0 Å². The van der Waals surface area contributed by atoms with Crippen molar-refractivity contribution in [2.24, 2.45) is 0 Å². The van der Waals surface area contributed by atoms with E-state index in [-0.39, 0.29) is 0 Å². The van der Waals surface area contributed by atoms with E-state index in [1.807, 2.05) is 42.5 Å².